The molecule has 0 spiro atoms. The normalized spacial score (nSPS) is 11.5. The number of nitrogens with one attached hydrogen (secondary N) is 2. The summed E-state index contributed by atoms with van der Waals surface area (Å²) in [5, 5.41) is 0.948. The predicted octanol–water partition coefficient (Wildman–Crippen LogP) is 2.89. The Morgan fingerprint density at radius 3 is 2.61 bits per heavy atom. The van der Waals surface area contributed by atoms with Gasteiger partial charge in [0.1, 0.15) is 5.69 Å². The summed E-state index contributed by atoms with van der Waals surface area (Å²) in [7, 11) is -2.60. The van der Waals surface area contributed by atoms with Gasteiger partial charge in [-0.2, -0.15) is 0 Å². The number of fused-ring (bicyclic) bond motifs is 1. The lowest BCUT2D eigenvalue weighted by molar-refractivity contribution is 0.0974. The second-order valence-electron chi connectivity index (χ2n) is 6.86. The number of aromatic amines is 1. The van der Waals surface area contributed by atoms with Crippen molar-refractivity contribution in [2.45, 2.75) is 4.90 Å². The van der Waals surface area contributed by atoms with Gasteiger partial charge in [-0.1, -0.05) is 17.7 Å². The highest BCUT2D eigenvalue weighted by Gasteiger charge is 2.27. The number of amides is 1. The number of sulfonamides is 1. The summed E-state index contributed by atoms with van der Waals surface area (Å²) in [6, 6.07) is 13.7. The maximum absolute atomic E-state index is 13.2. The molecule has 31 heavy (non-hydrogen) atoms. The number of hydrogen-bond acceptors (Lipinski definition) is 5. The van der Waals surface area contributed by atoms with Gasteiger partial charge < -0.3 is 15.3 Å². The van der Waals surface area contributed by atoms with Gasteiger partial charge in [0.15, 0.2) is 0 Å². The first-order chi connectivity index (χ1) is 14.7. The smallest absolute Gasteiger partial charge is 0.282 e. The predicted molar refractivity (Wildman–Crippen MR) is 119 cm³/mol. The molecule has 0 aliphatic carbocycles. The maximum Gasteiger partial charge on any atom is 0.282 e. The van der Waals surface area contributed by atoms with Crippen LogP contribution in [0.15, 0.2) is 70.5 Å². The van der Waals surface area contributed by atoms with Crippen molar-refractivity contribution < 1.29 is 13.2 Å². The highest BCUT2D eigenvalue weighted by atomic mass is 35.5. The molecule has 4 rings (SSSR count). The van der Waals surface area contributed by atoms with Gasteiger partial charge >= 0.3 is 0 Å². The lowest BCUT2D eigenvalue weighted by Gasteiger charge is -2.10. The zero-order valence-electron chi connectivity index (χ0n) is 16.2. The lowest BCUT2D eigenvalue weighted by atomic mass is 10.0. The first kappa shape index (κ1) is 20.7. The van der Waals surface area contributed by atoms with E-state index < -0.39 is 21.5 Å². The number of aromatic nitrogens is 2. The molecule has 0 radical (unpaired) electrons. The quantitative estimate of drug-likeness (QED) is 0.407. The van der Waals surface area contributed by atoms with Crippen LogP contribution >= 0.6 is 11.6 Å². The molecular weight excluding hydrogens is 440 g/mol. The molecule has 0 unspecified atom stereocenters. The van der Waals surface area contributed by atoms with Crippen LogP contribution in [0.5, 0.6) is 0 Å². The van der Waals surface area contributed by atoms with Gasteiger partial charge in [0.05, 0.1) is 4.90 Å². The Hall–Kier alpha value is -3.56. The molecule has 0 saturated heterocycles. The zero-order valence-corrected chi connectivity index (χ0v) is 17.8. The van der Waals surface area contributed by atoms with Gasteiger partial charge in [-0.05, 0) is 48.5 Å². The third kappa shape index (κ3) is 3.69. The molecule has 158 valence electrons. The molecule has 0 bridgehead atoms. The van der Waals surface area contributed by atoms with Crippen LogP contribution in [0.3, 0.4) is 0 Å². The molecule has 0 fully saturated rings. The van der Waals surface area contributed by atoms with E-state index in [0.717, 1.165) is 0 Å². The van der Waals surface area contributed by atoms with E-state index in [1.165, 1.54) is 35.0 Å². The number of halogens is 1. The van der Waals surface area contributed by atoms with Crippen molar-refractivity contribution in [2.75, 3.05) is 5.73 Å². The number of carbonyl (C=O) groups is 1. The van der Waals surface area contributed by atoms with E-state index >= 15 is 0 Å². The molecule has 0 aliphatic rings. The van der Waals surface area contributed by atoms with Gasteiger partial charge in [-0.15, -0.1) is 0 Å². The summed E-state index contributed by atoms with van der Waals surface area (Å²) < 4.78 is 29.2. The molecular formula is C21H17ClN4O4S. The molecule has 0 atom stereocenters. The standard InChI is InChI=1S/C21H17ClN4O4S/c1-26-17-8-7-12(22)10-16(17)18(15-6-3-9-24-20(15)27)19(26)21(28)25-31(29,30)14-5-2-4-13(23)11-14/h2-11H,23H2,1H3,(H,24,27)(H,25,28). The third-order valence-electron chi connectivity index (χ3n) is 4.86. The van der Waals surface area contributed by atoms with Gasteiger partial charge in [-0.25, -0.2) is 13.1 Å². The first-order valence-electron chi connectivity index (χ1n) is 9.08. The van der Waals surface area contributed by atoms with E-state index in [2.05, 4.69) is 9.71 Å². The van der Waals surface area contributed by atoms with Gasteiger partial charge in [-0.3, -0.25) is 9.59 Å². The van der Waals surface area contributed by atoms with Gasteiger partial charge in [0.2, 0.25) is 0 Å². The molecule has 1 amide bonds. The summed E-state index contributed by atoms with van der Waals surface area (Å²) in [6.07, 6.45) is 1.47. The fourth-order valence-corrected chi connectivity index (χ4v) is 4.66. The Morgan fingerprint density at radius 2 is 1.90 bits per heavy atom. The van der Waals surface area contributed by atoms with Crippen molar-refractivity contribution in [3.63, 3.8) is 0 Å². The van der Waals surface area contributed by atoms with Crippen molar-refractivity contribution >= 4 is 44.1 Å². The fraction of sp³-hybridized carbons (Fsp3) is 0.0476. The van der Waals surface area contributed by atoms with E-state index in [-0.39, 0.29) is 27.4 Å². The highest BCUT2D eigenvalue weighted by Crippen LogP contribution is 2.34. The molecule has 2 heterocycles. The zero-order chi connectivity index (χ0) is 22.3. The maximum atomic E-state index is 13.2. The number of H-pyrrole nitrogens is 1. The topological polar surface area (TPSA) is 127 Å². The SMILES string of the molecule is Cn1c(C(=O)NS(=O)(=O)c2cccc(N)c2)c(-c2ccc[nH]c2=O)c2cc(Cl)ccc21. The van der Waals surface area contributed by atoms with Crippen LogP contribution in [-0.2, 0) is 17.1 Å². The van der Waals surface area contributed by atoms with Crippen LogP contribution in [0, 0.1) is 0 Å². The monoisotopic (exact) mass is 456 g/mol. The Kier molecular flexibility index (Phi) is 5.08. The minimum Gasteiger partial charge on any atom is -0.399 e. The van der Waals surface area contributed by atoms with Crippen LogP contribution in [-0.4, -0.2) is 23.9 Å². The van der Waals surface area contributed by atoms with Crippen LogP contribution < -0.4 is 16.0 Å². The van der Waals surface area contributed by atoms with Crippen LogP contribution in [0.1, 0.15) is 10.5 Å². The van der Waals surface area contributed by atoms with Crippen LogP contribution in [0.4, 0.5) is 5.69 Å². The van der Waals surface area contributed by atoms with Crippen molar-refractivity contribution in [3.8, 4) is 11.1 Å². The summed E-state index contributed by atoms with van der Waals surface area (Å²) in [4.78, 5) is 28.1. The third-order valence-corrected chi connectivity index (χ3v) is 6.42. The second kappa shape index (κ2) is 7.60. The number of aryl methyl sites for hydroxylation is 1. The lowest BCUT2D eigenvalue weighted by Crippen LogP contribution is -2.32. The second-order valence-corrected chi connectivity index (χ2v) is 8.98. The molecule has 10 heteroatoms. The number of rotatable bonds is 4. The van der Waals surface area contributed by atoms with Gasteiger partial charge in [0, 0.05) is 46.0 Å². The van der Waals surface area contributed by atoms with Crippen LogP contribution in [0.25, 0.3) is 22.0 Å². The number of benzene rings is 2. The summed E-state index contributed by atoms with van der Waals surface area (Å²) in [5.41, 5.74) is 6.58. The van der Waals surface area contributed by atoms with Gasteiger partial charge in [0.25, 0.3) is 21.5 Å². The largest absolute Gasteiger partial charge is 0.399 e. The van der Waals surface area contributed by atoms with E-state index in [9.17, 15) is 18.0 Å². The summed E-state index contributed by atoms with van der Waals surface area (Å²) >= 11 is 6.16. The van der Waals surface area contributed by atoms with E-state index in [1.54, 1.807) is 37.4 Å². The Bertz CT molecular complexity index is 1510. The number of nitrogen functional groups attached to an aromatic ring is 1. The number of nitrogens with zero attached hydrogens (tertiary/aromatic N) is 1. The van der Waals surface area contributed by atoms with Crippen molar-refractivity contribution in [3.05, 3.63) is 81.9 Å². The van der Waals surface area contributed by atoms with Crippen molar-refractivity contribution in [2.24, 2.45) is 7.05 Å². The number of anilines is 1. The molecule has 8 nitrogen and oxygen atoms in total. The highest BCUT2D eigenvalue weighted by molar-refractivity contribution is 7.90. The average Bonchev–Trinajstić information content (AvgIpc) is 2.99. The first-order valence-corrected chi connectivity index (χ1v) is 10.9. The van der Waals surface area contributed by atoms with E-state index in [0.29, 0.717) is 15.9 Å². The Labute approximate surface area is 182 Å². The summed E-state index contributed by atoms with van der Waals surface area (Å²) in [6.45, 7) is 0. The minimum atomic E-state index is -4.21. The molecule has 2 aromatic carbocycles. The molecule has 0 aliphatic heterocycles. The van der Waals surface area contributed by atoms with Crippen LogP contribution in [0.2, 0.25) is 5.02 Å². The van der Waals surface area contributed by atoms with Crippen molar-refractivity contribution in [1.82, 2.24) is 14.3 Å². The Balaban J connectivity index is 1.92. The molecule has 2 aromatic heterocycles. The summed E-state index contributed by atoms with van der Waals surface area (Å²) in [5.74, 6) is -0.893. The molecule has 4 aromatic rings. The molecule has 4 N–H and O–H groups in total. The number of hydrogen-bond donors (Lipinski definition) is 3. The number of nitrogens with two attached hydrogens (primary N) is 1. The fourth-order valence-electron chi connectivity index (χ4n) is 3.48. The van der Waals surface area contributed by atoms with E-state index in [4.69, 9.17) is 17.3 Å². The molecule has 0 saturated carbocycles. The minimum absolute atomic E-state index is 0.00134. The Morgan fingerprint density at radius 1 is 1.13 bits per heavy atom. The van der Waals surface area contributed by atoms with E-state index in [1.807, 2.05) is 0 Å². The number of carbonyl (C=O) groups excluding carboxylic acids is 1. The number of pyridine rings is 1. The average molecular weight is 457 g/mol. The van der Waals surface area contributed by atoms with Crippen molar-refractivity contribution in [1.29, 1.82) is 0 Å².